The summed E-state index contributed by atoms with van der Waals surface area (Å²) in [4.78, 5) is 31.9. The molecular formula is C30H34N8O4. The number of carbonyl (C=O) groups excluding carboxylic acids is 1. The summed E-state index contributed by atoms with van der Waals surface area (Å²) in [5.41, 5.74) is 7.72. The second kappa shape index (κ2) is 12.5. The van der Waals surface area contributed by atoms with Gasteiger partial charge in [-0.25, -0.2) is 10.1 Å². The number of anilines is 1. The van der Waals surface area contributed by atoms with E-state index in [2.05, 4.69) is 25.4 Å². The van der Waals surface area contributed by atoms with Gasteiger partial charge in [0.2, 0.25) is 11.8 Å². The number of nitrogens with two attached hydrogens (primary N) is 1. The zero-order valence-electron chi connectivity index (χ0n) is 23.2. The van der Waals surface area contributed by atoms with E-state index in [0.717, 1.165) is 64.1 Å². The first kappa shape index (κ1) is 27.6. The van der Waals surface area contributed by atoms with Gasteiger partial charge in [-0.05, 0) is 56.0 Å². The third kappa shape index (κ3) is 6.19. The van der Waals surface area contributed by atoms with Crippen molar-refractivity contribution in [1.82, 2.24) is 35.2 Å². The van der Waals surface area contributed by atoms with E-state index in [0.29, 0.717) is 28.2 Å². The number of nitrogens with zero attached hydrogens (tertiary/aromatic N) is 5. The largest absolute Gasteiger partial charge is 0.439 e. The van der Waals surface area contributed by atoms with Gasteiger partial charge in [-0.2, -0.15) is 10.2 Å². The third-order valence-electron chi connectivity index (χ3n) is 7.77. The molecule has 2 fully saturated rings. The first-order valence-electron chi connectivity index (χ1n) is 14.3. The van der Waals surface area contributed by atoms with E-state index in [1.165, 1.54) is 0 Å². The van der Waals surface area contributed by atoms with Crippen LogP contribution in [0.2, 0.25) is 0 Å². The molecule has 0 spiro atoms. The summed E-state index contributed by atoms with van der Waals surface area (Å²) in [7, 11) is 0. The molecule has 12 heteroatoms. The number of morpholine rings is 1. The molecule has 0 atom stereocenters. The Hall–Kier alpha value is -4.55. The first-order chi connectivity index (χ1) is 20.5. The highest BCUT2D eigenvalue weighted by atomic mass is 16.5. The van der Waals surface area contributed by atoms with Crippen LogP contribution in [0.3, 0.4) is 0 Å². The molecule has 1 amide bonds. The number of rotatable bonds is 8. The average molecular weight is 571 g/mol. The number of carbonyl (C=O) groups is 1. The number of hydrogen-bond donors (Lipinski definition) is 3. The molecule has 0 unspecified atom stereocenters. The smallest absolute Gasteiger partial charge is 0.290 e. The SMILES string of the molecule is Nc1n[nH]c(=O)c2c1c(-c1ccc(Oc3ccccn3)cc1)nn2[C@H]1CC[C@@H](NC(=O)/C=C/CN2CCOCC2)CC1. The van der Waals surface area contributed by atoms with Crippen LogP contribution < -0.4 is 21.3 Å². The van der Waals surface area contributed by atoms with Gasteiger partial charge in [-0.3, -0.25) is 19.2 Å². The number of nitrogen functional groups attached to an aromatic ring is 1. The maximum Gasteiger partial charge on any atom is 0.290 e. The minimum atomic E-state index is -0.339. The molecule has 6 rings (SSSR count). The molecule has 12 nitrogen and oxygen atoms in total. The second-order valence-corrected chi connectivity index (χ2v) is 10.6. The quantitative estimate of drug-likeness (QED) is 0.271. The Labute approximate surface area is 242 Å². The van der Waals surface area contributed by atoms with Crippen molar-refractivity contribution in [3.05, 3.63) is 71.2 Å². The van der Waals surface area contributed by atoms with Gasteiger partial charge in [-0.1, -0.05) is 12.1 Å². The average Bonchev–Trinajstić information content (AvgIpc) is 3.43. The van der Waals surface area contributed by atoms with Crippen LogP contribution in [0.5, 0.6) is 11.6 Å². The number of nitrogens with one attached hydrogen (secondary N) is 2. The van der Waals surface area contributed by atoms with E-state index in [1.807, 2.05) is 42.5 Å². The van der Waals surface area contributed by atoms with Gasteiger partial charge in [0.15, 0.2) is 5.82 Å². The van der Waals surface area contributed by atoms with Crippen LogP contribution in [-0.4, -0.2) is 74.7 Å². The fraction of sp³-hybridized carbons (Fsp3) is 0.367. The van der Waals surface area contributed by atoms with Crippen LogP contribution in [0.1, 0.15) is 31.7 Å². The number of aromatic nitrogens is 5. The zero-order valence-corrected chi connectivity index (χ0v) is 23.2. The summed E-state index contributed by atoms with van der Waals surface area (Å²) in [6.45, 7) is 3.98. The Balaban J connectivity index is 1.15. The Bertz CT molecular complexity index is 1600. The summed E-state index contributed by atoms with van der Waals surface area (Å²) in [6, 6.07) is 12.9. The van der Waals surface area contributed by atoms with Gasteiger partial charge >= 0.3 is 0 Å². The van der Waals surface area contributed by atoms with Gasteiger partial charge < -0.3 is 20.5 Å². The summed E-state index contributed by atoms with van der Waals surface area (Å²) >= 11 is 0. The summed E-state index contributed by atoms with van der Waals surface area (Å²) < 4.78 is 13.0. The third-order valence-corrected chi connectivity index (χ3v) is 7.77. The highest BCUT2D eigenvalue weighted by molar-refractivity contribution is 5.99. The van der Waals surface area contributed by atoms with Crippen LogP contribution in [0.4, 0.5) is 5.82 Å². The van der Waals surface area contributed by atoms with E-state index >= 15 is 0 Å². The number of pyridine rings is 1. The highest BCUT2D eigenvalue weighted by Gasteiger charge is 2.28. The fourth-order valence-electron chi connectivity index (χ4n) is 5.60. The fourth-order valence-corrected chi connectivity index (χ4v) is 5.60. The lowest BCUT2D eigenvalue weighted by molar-refractivity contribution is -0.117. The lowest BCUT2D eigenvalue weighted by atomic mass is 9.91. The van der Waals surface area contributed by atoms with Gasteiger partial charge in [0.05, 0.1) is 24.6 Å². The number of H-pyrrole nitrogens is 1. The summed E-state index contributed by atoms with van der Waals surface area (Å²) in [5.74, 6) is 1.26. The van der Waals surface area contributed by atoms with E-state index < -0.39 is 0 Å². The molecule has 1 aliphatic carbocycles. The maximum absolute atomic E-state index is 13.0. The van der Waals surface area contributed by atoms with Crippen molar-refractivity contribution in [2.75, 3.05) is 38.6 Å². The van der Waals surface area contributed by atoms with E-state index in [1.54, 1.807) is 23.0 Å². The van der Waals surface area contributed by atoms with E-state index in [9.17, 15) is 9.59 Å². The van der Waals surface area contributed by atoms with Crippen LogP contribution in [0.25, 0.3) is 22.2 Å². The van der Waals surface area contributed by atoms with Crippen molar-refractivity contribution in [3.63, 3.8) is 0 Å². The number of ether oxygens (including phenoxy) is 2. The maximum atomic E-state index is 13.0. The second-order valence-electron chi connectivity index (χ2n) is 10.6. The molecule has 3 aromatic heterocycles. The molecule has 1 aliphatic heterocycles. The molecule has 1 saturated heterocycles. The highest BCUT2D eigenvalue weighted by Crippen LogP contribution is 2.36. The zero-order chi connectivity index (χ0) is 28.9. The summed E-state index contributed by atoms with van der Waals surface area (Å²) in [6.07, 6.45) is 8.28. The normalized spacial score (nSPS) is 19.7. The van der Waals surface area contributed by atoms with Crippen molar-refractivity contribution in [2.24, 2.45) is 0 Å². The van der Waals surface area contributed by atoms with Crippen molar-refractivity contribution in [1.29, 1.82) is 0 Å². The molecule has 1 aromatic carbocycles. The molecule has 1 saturated carbocycles. The molecule has 4 aromatic rings. The molecule has 218 valence electrons. The predicted molar refractivity (Wildman–Crippen MR) is 158 cm³/mol. The van der Waals surface area contributed by atoms with Gasteiger partial charge in [0.25, 0.3) is 5.56 Å². The Morgan fingerprint density at radius 2 is 1.90 bits per heavy atom. The van der Waals surface area contributed by atoms with Crippen molar-refractivity contribution >= 4 is 22.6 Å². The summed E-state index contributed by atoms with van der Waals surface area (Å²) in [5, 5.41) is 15.1. The van der Waals surface area contributed by atoms with E-state index in [4.69, 9.17) is 20.3 Å². The molecule has 2 aliphatic rings. The monoisotopic (exact) mass is 570 g/mol. The number of amides is 1. The lowest BCUT2D eigenvalue weighted by Gasteiger charge is -2.29. The predicted octanol–water partition coefficient (Wildman–Crippen LogP) is 3.04. The van der Waals surface area contributed by atoms with Gasteiger partial charge in [0.1, 0.15) is 17.0 Å². The molecule has 4 N–H and O–H groups in total. The first-order valence-corrected chi connectivity index (χ1v) is 14.3. The lowest BCUT2D eigenvalue weighted by Crippen LogP contribution is -2.38. The van der Waals surface area contributed by atoms with Crippen molar-refractivity contribution in [3.8, 4) is 22.9 Å². The Morgan fingerprint density at radius 3 is 2.64 bits per heavy atom. The number of hydrogen-bond acceptors (Lipinski definition) is 9. The Kier molecular flexibility index (Phi) is 8.24. The van der Waals surface area contributed by atoms with Crippen LogP contribution in [0, 0.1) is 0 Å². The van der Waals surface area contributed by atoms with Crippen LogP contribution in [-0.2, 0) is 9.53 Å². The van der Waals surface area contributed by atoms with E-state index in [-0.39, 0.29) is 29.4 Å². The molecule has 42 heavy (non-hydrogen) atoms. The molecule has 4 heterocycles. The van der Waals surface area contributed by atoms with Gasteiger partial charge in [0, 0.05) is 49.6 Å². The number of fused-ring (bicyclic) bond motifs is 1. The number of aromatic amines is 1. The molecule has 0 bridgehead atoms. The van der Waals surface area contributed by atoms with Crippen LogP contribution in [0.15, 0.2) is 65.6 Å². The molecular weight excluding hydrogens is 536 g/mol. The minimum absolute atomic E-state index is 0.0130. The standard InChI is InChI=1S/C30H34N8O4/c31-29-26-27(20-6-12-23(13-7-20)42-25-5-1-2-14-32-25)36-38(28(26)30(40)35-34-29)22-10-8-21(9-11-22)33-24(39)4-3-15-37-16-18-41-19-17-37/h1-7,12-14,21-22H,8-11,15-19H2,(H2,31,34)(H,33,39)(H,35,40)/b4-3+/t21-,22+. The molecule has 0 radical (unpaired) electrons. The van der Waals surface area contributed by atoms with Crippen LogP contribution >= 0.6 is 0 Å². The minimum Gasteiger partial charge on any atom is -0.439 e. The van der Waals surface area contributed by atoms with Gasteiger partial charge in [-0.15, -0.1) is 0 Å². The van der Waals surface area contributed by atoms with Crippen molar-refractivity contribution in [2.45, 2.75) is 37.8 Å². The number of benzene rings is 1. The topological polar surface area (TPSA) is 153 Å². The van der Waals surface area contributed by atoms with Crippen molar-refractivity contribution < 1.29 is 14.3 Å². The Morgan fingerprint density at radius 1 is 1.12 bits per heavy atom.